The molecular weight excluding hydrogens is 226 g/mol. The Kier molecular flexibility index (Phi) is 5.39. The second kappa shape index (κ2) is 6.37. The first-order valence-corrected chi connectivity index (χ1v) is 6.95. The summed E-state index contributed by atoms with van der Waals surface area (Å²) in [6.07, 6.45) is 6.60. The minimum Gasteiger partial charge on any atom is -0.392 e. The molecule has 0 bridgehead atoms. The molecule has 0 radical (unpaired) electrons. The van der Waals surface area contributed by atoms with Crippen molar-refractivity contribution in [1.82, 2.24) is 5.32 Å². The van der Waals surface area contributed by atoms with Crippen LogP contribution in [0.15, 0.2) is 12.2 Å². The molecule has 104 valence electrons. The average Bonchev–Trinajstić information content (AvgIpc) is 2.36. The van der Waals surface area contributed by atoms with E-state index in [0.29, 0.717) is 6.54 Å². The summed E-state index contributed by atoms with van der Waals surface area (Å²) in [6, 6.07) is 0. The summed E-state index contributed by atoms with van der Waals surface area (Å²) in [7, 11) is 0. The lowest BCUT2D eigenvalue weighted by Gasteiger charge is -2.33. The van der Waals surface area contributed by atoms with E-state index in [0.717, 1.165) is 19.3 Å². The van der Waals surface area contributed by atoms with Gasteiger partial charge in [-0.05, 0) is 25.2 Å². The molecule has 0 heterocycles. The number of carbonyl (C=O) groups excluding carboxylic acids is 1. The molecule has 1 aliphatic rings. The van der Waals surface area contributed by atoms with Gasteiger partial charge >= 0.3 is 0 Å². The summed E-state index contributed by atoms with van der Waals surface area (Å²) in [5, 5.41) is 13.1. The molecule has 0 aromatic rings. The Bertz CT molecular complexity index is 308. The number of hydrogen-bond acceptors (Lipinski definition) is 2. The highest BCUT2D eigenvalue weighted by Crippen LogP contribution is 2.25. The molecule has 0 fully saturated rings. The largest absolute Gasteiger partial charge is 0.392 e. The van der Waals surface area contributed by atoms with Crippen molar-refractivity contribution in [3.8, 4) is 0 Å². The molecule has 18 heavy (non-hydrogen) atoms. The number of nitrogens with one attached hydrogen (secondary N) is 1. The van der Waals surface area contributed by atoms with Crippen molar-refractivity contribution in [3.05, 3.63) is 12.2 Å². The fourth-order valence-electron chi connectivity index (χ4n) is 2.50. The molecule has 0 aromatic heterocycles. The van der Waals surface area contributed by atoms with Crippen molar-refractivity contribution in [1.29, 1.82) is 0 Å². The summed E-state index contributed by atoms with van der Waals surface area (Å²) >= 11 is 0. The van der Waals surface area contributed by atoms with E-state index in [2.05, 4.69) is 17.5 Å². The highest BCUT2D eigenvalue weighted by Gasteiger charge is 2.31. The zero-order chi connectivity index (χ0) is 13.8. The molecule has 0 aromatic carbocycles. The van der Waals surface area contributed by atoms with E-state index in [9.17, 15) is 9.90 Å². The van der Waals surface area contributed by atoms with E-state index in [1.165, 1.54) is 0 Å². The van der Waals surface area contributed by atoms with E-state index in [1.807, 2.05) is 27.7 Å². The highest BCUT2D eigenvalue weighted by molar-refractivity contribution is 5.79. The predicted octanol–water partition coefficient (Wildman–Crippen LogP) is 2.50. The van der Waals surface area contributed by atoms with Crippen LogP contribution >= 0.6 is 0 Å². The summed E-state index contributed by atoms with van der Waals surface area (Å²) in [4.78, 5) is 12.0. The summed E-state index contributed by atoms with van der Waals surface area (Å²) in [6.45, 7) is 8.53. The molecule has 2 unspecified atom stereocenters. The first kappa shape index (κ1) is 15.2. The van der Waals surface area contributed by atoms with Crippen LogP contribution in [0.3, 0.4) is 0 Å². The van der Waals surface area contributed by atoms with E-state index in [4.69, 9.17) is 0 Å². The van der Waals surface area contributed by atoms with E-state index in [-0.39, 0.29) is 23.2 Å². The van der Waals surface area contributed by atoms with Crippen LogP contribution in [0.1, 0.15) is 47.0 Å². The van der Waals surface area contributed by atoms with Gasteiger partial charge in [0.25, 0.3) is 0 Å². The fraction of sp³-hybridized carbons (Fsp3) is 0.800. The smallest absolute Gasteiger partial charge is 0.223 e. The number of rotatable bonds is 5. The first-order chi connectivity index (χ1) is 8.34. The minimum absolute atomic E-state index is 0.113. The molecule has 2 atom stereocenters. The Morgan fingerprint density at radius 2 is 2.11 bits per heavy atom. The van der Waals surface area contributed by atoms with Gasteiger partial charge < -0.3 is 10.4 Å². The van der Waals surface area contributed by atoms with Gasteiger partial charge in [0.1, 0.15) is 0 Å². The zero-order valence-corrected chi connectivity index (χ0v) is 12.1. The lowest BCUT2D eigenvalue weighted by Crippen LogP contribution is -2.45. The molecule has 0 saturated heterocycles. The number of aliphatic hydroxyl groups excluding tert-OH is 1. The standard InChI is InChI=1S/C15H27NO2/c1-11(2)13(17)15(3,4)10-16-14(18)12-8-6-5-7-9-12/h5-6,11-13,17H,7-10H2,1-4H3,(H,16,18). The highest BCUT2D eigenvalue weighted by atomic mass is 16.3. The summed E-state index contributed by atoms with van der Waals surface area (Å²) in [5.41, 5.74) is -0.283. The Morgan fingerprint density at radius 1 is 1.44 bits per heavy atom. The Morgan fingerprint density at radius 3 is 2.61 bits per heavy atom. The first-order valence-electron chi connectivity index (χ1n) is 6.95. The van der Waals surface area contributed by atoms with Gasteiger partial charge in [-0.25, -0.2) is 0 Å². The number of amides is 1. The molecule has 0 aliphatic heterocycles. The van der Waals surface area contributed by atoms with Crippen LogP contribution in [-0.4, -0.2) is 23.7 Å². The van der Waals surface area contributed by atoms with Crippen molar-refractivity contribution in [2.45, 2.75) is 53.1 Å². The van der Waals surface area contributed by atoms with Crippen LogP contribution in [-0.2, 0) is 4.79 Å². The van der Waals surface area contributed by atoms with E-state index in [1.54, 1.807) is 0 Å². The molecule has 1 amide bonds. The lowest BCUT2D eigenvalue weighted by atomic mass is 9.80. The lowest BCUT2D eigenvalue weighted by molar-refractivity contribution is -0.126. The van der Waals surface area contributed by atoms with E-state index >= 15 is 0 Å². The maximum atomic E-state index is 12.0. The van der Waals surface area contributed by atoms with E-state index < -0.39 is 6.10 Å². The molecule has 0 spiro atoms. The van der Waals surface area contributed by atoms with Gasteiger partial charge in [0.2, 0.25) is 5.91 Å². The molecule has 1 aliphatic carbocycles. The number of hydrogen-bond donors (Lipinski definition) is 2. The zero-order valence-electron chi connectivity index (χ0n) is 12.1. The van der Waals surface area contributed by atoms with Gasteiger partial charge in [-0.1, -0.05) is 39.8 Å². The number of allylic oxidation sites excluding steroid dienone is 2. The maximum Gasteiger partial charge on any atom is 0.223 e. The second-order valence-corrected chi connectivity index (χ2v) is 6.38. The third-order valence-corrected chi connectivity index (χ3v) is 3.79. The van der Waals surface area contributed by atoms with Crippen molar-refractivity contribution < 1.29 is 9.90 Å². The van der Waals surface area contributed by atoms with Crippen molar-refractivity contribution in [2.75, 3.05) is 6.54 Å². The Labute approximate surface area is 111 Å². The van der Waals surface area contributed by atoms with Crippen LogP contribution in [0.25, 0.3) is 0 Å². The van der Waals surface area contributed by atoms with Crippen molar-refractivity contribution in [2.24, 2.45) is 17.3 Å². The van der Waals surface area contributed by atoms with Gasteiger partial charge in [0, 0.05) is 17.9 Å². The SMILES string of the molecule is CC(C)C(O)C(C)(C)CNC(=O)C1CC=CCC1. The van der Waals surface area contributed by atoms with Gasteiger partial charge in [-0.15, -0.1) is 0 Å². The second-order valence-electron chi connectivity index (χ2n) is 6.38. The minimum atomic E-state index is -0.399. The number of aliphatic hydroxyl groups is 1. The van der Waals surface area contributed by atoms with Crippen LogP contribution in [0, 0.1) is 17.3 Å². The normalized spacial score (nSPS) is 22.0. The molecule has 1 rings (SSSR count). The van der Waals surface area contributed by atoms with Gasteiger partial charge in [-0.2, -0.15) is 0 Å². The van der Waals surface area contributed by atoms with Gasteiger partial charge in [0.15, 0.2) is 0 Å². The third kappa shape index (κ3) is 4.13. The average molecular weight is 253 g/mol. The number of carbonyl (C=O) groups is 1. The van der Waals surface area contributed by atoms with Gasteiger partial charge in [0.05, 0.1) is 6.10 Å². The third-order valence-electron chi connectivity index (χ3n) is 3.79. The molecule has 0 saturated carbocycles. The molecule has 3 nitrogen and oxygen atoms in total. The quantitative estimate of drug-likeness (QED) is 0.740. The summed E-state index contributed by atoms with van der Waals surface area (Å²) in [5.74, 6) is 0.444. The molecule has 3 heteroatoms. The van der Waals surface area contributed by atoms with Crippen LogP contribution in [0.2, 0.25) is 0 Å². The van der Waals surface area contributed by atoms with Crippen molar-refractivity contribution >= 4 is 5.91 Å². The molecular formula is C15H27NO2. The van der Waals surface area contributed by atoms with Crippen LogP contribution in [0.4, 0.5) is 0 Å². The molecule has 2 N–H and O–H groups in total. The van der Waals surface area contributed by atoms with Gasteiger partial charge in [-0.3, -0.25) is 4.79 Å². The Balaban J connectivity index is 2.44. The maximum absolute atomic E-state index is 12.0. The van der Waals surface area contributed by atoms with Crippen LogP contribution in [0.5, 0.6) is 0 Å². The monoisotopic (exact) mass is 253 g/mol. The topological polar surface area (TPSA) is 49.3 Å². The predicted molar refractivity (Wildman–Crippen MR) is 74.1 cm³/mol. The summed E-state index contributed by atoms with van der Waals surface area (Å²) < 4.78 is 0. The van der Waals surface area contributed by atoms with Crippen LogP contribution < -0.4 is 5.32 Å². The van der Waals surface area contributed by atoms with Crippen molar-refractivity contribution in [3.63, 3.8) is 0 Å². The fourth-order valence-corrected chi connectivity index (χ4v) is 2.50. The Hall–Kier alpha value is -0.830.